The van der Waals surface area contributed by atoms with Gasteiger partial charge in [0.05, 0.1) is 11.1 Å². The molecule has 0 aliphatic carbocycles. The van der Waals surface area contributed by atoms with Gasteiger partial charge in [-0.05, 0) is 32.1 Å². The molecule has 4 N–H and O–H groups in total. The Hall–Kier alpha value is -2.39. The smallest absolute Gasteiger partial charge is 0.507 e. The first-order valence-electron chi connectivity index (χ1n) is 10.7. The summed E-state index contributed by atoms with van der Waals surface area (Å²) in [6.45, 7) is -1.06. The first kappa shape index (κ1) is 20.2. The Bertz CT molecular complexity index is 1340. The number of aliphatic hydroxyl groups excluding tert-OH is 1. The fraction of sp³-hybridized carbons (Fsp3) is 0.286. The molecule has 2 atom stereocenters. The van der Waals surface area contributed by atoms with Crippen molar-refractivity contribution in [2.75, 3.05) is 20.1 Å². The van der Waals surface area contributed by atoms with Crippen molar-refractivity contribution < 1.29 is 36.2 Å². The SMILES string of the molecule is [2H]C([2H])N1CCC(c2c(O)cc(OP(=O)(O)O)c3c(=O)cc(-c4ccccc4Cl)oc23)C(O)C1. The van der Waals surface area contributed by atoms with Gasteiger partial charge in [0.2, 0.25) is 0 Å². The van der Waals surface area contributed by atoms with Gasteiger partial charge in [0.1, 0.15) is 28.2 Å². The number of aliphatic hydroxyl groups is 1. The van der Waals surface area contributed by atoms with Crippen LogP contribution in [0.5, 0.6) is 11.5 Å². The number of halogens is 1. The zero-order valence-electron chi connectivity index (χ0n) is 18.5. The molecule has 0 amide bonds. The number of fused-ring (bicyclic) bond motifs is 1. The Morgan fingerprint density at radius 3 is 2.72 bits per heavy atom. The summed E-state index contributed by atoms with van der Waals surface area (Å²) in [5, 5.41) is 21.5. The molecule has 9 nitrogen and oxygen atoms in total. The number of likely N-dealkylation sites (tertiary alicyclic amines) is 1. The van der Waals surface area contributed by atoms with Crippen LogP contribution in [0.25, 0.3) is 22.3 Å². The number of β-amino-alcohol motifs (C(OH)–C–C–N with tert-alkyl or cyclic N) is 1. The van der Waals surface area contributed by atoms with E-state index < -0.39 is 43.8 Å². The van der Waals surface area contributed by atoms with Gasteiger partial charge >= 0.3 is 7.82 Å². The van der Waals surface area contributed by atoms with Gasteiger partial charge in [0, 0.05) is 38.5 Å². The molecule has 4 rings (SSSR count). The Morgan fingerprint density at radius 2 is 2.06 bits per heavy atom. The van der Waals surface area contributed by atoms with Crippen LogP contribution >= 0.6 is 19.4 Å². The zero-order chi connectivity index (χ0) is 24.8. The Labute approximate surface area is 190 Å². The molecule has 0 saturated carbocycles. The molecule has 170 valence electrons. The van der Waals surface area contributed by atoms with E-state index >= 15 is 0 Å². The molecule has 0 radical (unpaired) electrons. The lowest BCUT2D eigenvalue weighted by molar-refractivity contribution is 0.0630. The average Bonchev–Trinajstić information content (AvgIpc) is 2.73. The molecule has 1 aliphatic heterocycles. The molecule has 3 aromatic rings. The fourth-order valence-electron chi connectivity index (χ4n) is 3.95. The van der Waals surface area contributed by atoms with Crippen molar-refractivity contribution in [3.63, 3.8) is 0 Å². The largest absolute Gasteiger partial charge is 0.524 e. The lowest BCUT2D eigenvalue weighted by atomic mass is 9.85. The molecule has 11 heteroatoms. The predicted octanol–water partition coefficient (Wildman–Crippen LogP) is 3.07. The number of hydrogen-bond acceptors (Lipinski definition) is 7. The van der Waals surface area contributed by atoms with Crippen molar-refractivity contribution in [3.8, 4) is 22.8 Å². The van der Waals surface area contributed by atoms with Gasteiger partial charge < -0.3 is 24.1 Å². The Balaban J connectivity index is 1.97. The second-order valence-electron chi connectivity index (χ2n) is 7.51. The van der Waals surface area contributed by atoms with Crippen molar-refractivity contribution >= 4 is 30.4 Å². The molecule has 2 unspecified atom stereocenters. The number of piperidine rings is 1. The van der Waals surface area contributed by atoms with Crippen LogP contribution in [0.2, 0.25) is 5.02 Å². The number of benzene rings is 2. The quantitative estimate of drug-likeness (QED) is 0.412. The van der Waals surface area contributed by atoms with E-state index in [2.05, 4.69) is 4.52 Å². The minimum Gasteiger partial charge on any atom is -0.507 e. The number of phenols is 1. The Kier molecular flexibility index (Phi) is 5.38. The molecule has 1 saturated heterocycles. The first-order valence-corrected chi connectivity index (χ1v) is 11.5. The van der Waals surface area contributed by atoms with Crippen LogP contribution in [0.1, 0.15) is 20.6 Å². The fourth-order valence-corrected chi connectivity index (χ4v) is 4.58. The van der Waals surface area contributed by atoms with Gasteiger partial charge in [-0.2, -0.15) is 0 Å². The molecule has 1 fully saturated rings. The minimum absolute atomic E-state index is 0.0293. The van der Waals surface area contributed by atoms with Crippen LogP contribution in [0, 0.1) is 0 Å². The highest BCUT2D eigenvalue weighted by Gasteiger charge is 2.34. The maximum atomic E-state index is 13.1. The third-order valence-electron chi connectivity index (χ3n) is 5.32. The van der Waals surface area contributed by atoms with Gasteiger partial charge in [-0.25, -0.2) is 4.57 Å². The summed E-state index contributed by atoms with van der Waals surface area (Å²) in [4.78, 5) is 33.1. The van der Waals surface area contributed by atoms with Crippen LogP contribution in [0.15, 0.2) is 45.6 Å². The lowest BCUT2D eigenvalue weighted by Crippen LogP contribution is -2.40. The van der Waals surface area contributed by atoms with E-state index in [4.69, 9.17) is 18.8 Å². The predicted molar refractivity (Wildman–Crippen MR) is 118 cm³/mol. The van der Waals surface area contributed by atoms with E-state index in [0.717, 1.165) is 12.1 Å². The summed E-state index contributed by atoms with van der Waals surface area (Å²) < 4.78 is 37.3. The van der Waals surface area contributed by atoms with Gasteiger partial charge in [-0.15, -0.1) is 0 Å². The zero-order valence-corrected chi connectivity index (χ0v) is 18.2. The summed E-state index contributed by atoms with van der Waals surface area (Å²) >= 11 is 6.25. The number of hydrogen-bond donors (Lipinski definition) is 4. The topological polar surface area (TPSA) is 141 Å². The second kappa shape index (κ2) is 8.51. The van der Waals surface area contributed by atoms with E-state index in [1.54, 1.807) is 24.3 Å². The van der Waals surface area contributed by atoms with Crippen LogP contribution < -0.4 is 9.95 Å². The number of phenolic OH excluding ortho intramolecular Hbond substituents is 1. The summed E-state index contributed by atoms with van der Waals surface area (Å²) in [6.07, 6.45) is -0.902. The molecule has 2 heterocycles. The van der Waals surface area contributed by atoms with Crippen LogP contribution in [0.4, 0.5) is 0 Å². The molecule has 1 aliphatic rings. The van der Waals surface area contributed by atoms with Crippen LogP contribution in [-0.4, -0.2) is 51.1 Å². The molecule has 0 bridgehead atoms. The number of phosphoric ester groups is 1. The van der Waals surface area contributed by atoms with E-state index in [9.17, 15) is 29.4 Å². The summed E-state index contributed by atoms with van der Waals surface area (Å²) in [7, 11) is -5.10. The van der Waals surface area contributed by atoms with Gasteiger partial charge in [0.25, 0.3) is 0 Å². The molecule has 1 aromatic heterocycles. The Morgan fingerprint density at radius 1 is 1.31 bits per heavy atom. The third kappa shape index (κ3) is 4.41. The monoisotopic (exact) mass is 483 g/mol. The van der Waals surface area contributed by atoms with Crippen molar-refractivity contribution in [2.24, 2.45) is 0 Å². The number of rotatable bonds is 4. The van der Waals surface area contributed by atoms with Gasteiger partial charge in [-0.3, -0.25) is 14.6 Å². The molecule has 32 heavy (non-hydrogen) atoms. The third-order valence-corrected chi connectivity index (χ3v) is 6.09. The van der Waals surface area contributed by atoms with E-state index in [0.29, 0.717) is 5.56 Å². The van der Waals surface area contributed by atoms with Crippen molar-refractivity contribution in [1.82, 2.24) is 4.90 Å². The van der Waals surface area contributed by atoms with E-state index in [1.165, 1.54) is 4.90 Å². The molecule has 2 aromatic carbocycles. The summed E-state index contributed by atoms with van der Waals surface area (Å²) in [6, 6.07) is 8.56. The van der Waals surface area contributed by atoms with Crippen LogP contribution in [0.3, 0.4) is 0 Å². The van der Waals surface area contributed by atoms with Gasteiger partial charge in [-0.1, -0.05) is 23.7 Å². The minimum atomic E-state index is -5.10. The summed E-state index contributed by atoms with van der Waals surface area (Å²) in [5.41, 5.74) is -0.490. The molecular formula is C21H21ClNO8P. The second-order valence-corrected chi connectivity index (χ2v) is 9.08. The highest BCUT2D eigenvalue weighted by molar-refractivity contribution is 7.46. The van der Waals surface area contributed by atoms with E-state index in [-0.39, 0.29) is 46.8 Å². The standard InChI is InChI=1S/C21H21ClNO8P/c1-23-7-6-12(16(26)10-23)19-14(24)9-18(31-32(27,28)29)20-15(25)8-17(30-21(19)20)11-4-2-3-5-13(11)22/h2-5,8-9,12,16,24,26H,6-7,10H2,1H3,(H2,27,28,29)/i1D2. The van der Waals surface area contributed by atoms with Gasteiger partial charge in [0.15, 0.2) is 5.43 Å². The van der Waals surface area contributed by atoms with Crippen molar-refractivity contribution in [3.05, 3.63) is 57.2 Å². The number of aromatic hydroxyl groups is 1. The number of nitrogens with zero attached hydrogens (tertiary/aromatic N) is 1. The number of phosphoric acid groups is 1. The van der Waals surface area contributed by atoms with Crippen molar-refractivity contribution in [1.29, 1.82) is 0 Å². The average molecular weight is 484 g/mol. The normalized spacial score (nSPS) is 20.9. The van der Waals surface area contributed by atoms with Crippen molar-refractivity contribution in [2.45, 2.75) is 18.4 Å². The van der Waals surface area contributed by atoms with E-state index in [1.807, 2.05) is 0 Å². The maximum Gasteiger partial charge on any atom is 0.524 e. The number of likely N-dealkylation sites (N-methyl/N-ethyl adjacent to an activating group) is 1. The highest BCUT2D eigenvalue weighted by Crippen LogP contribution is 2.47. The summed E-state index contributed by atoms with van der Waals surface area (Å²) in [5.74, 6) is -1.79. The lowest BCUT2D eigenvalue weighted by Gasteiger charge is -2.34. The molecule has 0 spiro atoms. The molecular weight excluding hydrogens is 461 g/mol. The first-order chi connectivity index (χ1) is 16.0. The maximum absolute atomic E-state index is 13.1. The van der Waals surface area contributed by atoms with Crippen LogP contribution in [-0.2, 0) is 4.57 Å². The highest BCUT2D eigenvalue weighted by atomic mass is 35.5.